The molecule has 5 nitrogen and oxygen atoms in total. The van der Waals surface area contributed by atoms with Crippen molar-refractivity contribution in [2.75, 3.05) is 0 Å². The lowest BCUT2D eigenvalue weighted by molar-refractivity contribution is 0.0924. The summed E-state index contributed by atoms with van der Waals surface area (Å²) in [6.45, 7) is 2.07. The summed E-state index contributed by atoms with van der Waals surface area (Å²) >= 11 is 0. The van der Waals surface area contributed by atoms with Gasteiger partial charge in [-0.1, -0.05) is 19.1 Å². The summed E-state index contributed by atoms with van der Waals surface area (Å²) in [5, 5.41) is 9.68. The number of aryl methyl sites for hydroxylation is 1. The van der Waals surface area contributed by atoms with E-state index in [-0.39, 0.29) is 17.8 Å². The zero-order valence-electron chi connectivity index (χ0n) is 10.1. The summed E-state index contributed by atoms with van der Waals surface area (Å²) < 4.78 is 0. The number of aromatic amines is 1. The van der Waals surface area contributed by atoms with Gasteiger partial charge in [-0.05, 0) is 25.7 Å². The second-order valence-electron chi connectivity index (χ2n) is 4.31. The average molecular weight is 234 g/mol. The van der Waals surface area contributed by atoms with Crippen molar-refractivity contribution in [3.8, 4) is 0 Å². The molecule has 1 amide bonds. The van der Waals surface area contributed by atoms with Gasteiger partial charge in [-0.25, -0.2) is 4.98 Å². The Morgan fingerprint density at radius 2 is 2.47 bits per heavy atom. The molecule has 1 heterocycles. The van der Waals surface area contributed by atoms with E-state index in [4.69, 9.17) is 0 Å². The highest BCUT2D eigenvalue weighted by atomic mass is 16.2. The molecule has 0 bridgehead atoms. The molecule has 1 unspecified atom stereocenters. The Morgan fingerprint density at radius 1 is 1.59 bits per heavy atom. The van der Waals surface area contributed by atoms with Gasteiger partial charge >= 0.3 is 0 Å². The van der Waals surface area contributed by atoms with E-state index in [2.05, 4.69) is 39.6 Å². The summed E-state index contributed by atoms with van der Waals surface area (Å²) in [6, 6.07) is 0.223. The van der Waals surface area contributed by atoms with Crippen LogP contribution < -0.4 is 5.32 Å². The van der Waals surface area contributed by atoms with Crippen molar-refractivity contribution in [3.63, 3.8) is 0 Å². The molecule has 0 saturated heterocycles. The maximum absolute atomic E-state index is 11.9. The molecule has 0 spiro atoms. The van der Waals surface area contributed by atoms with Crippen LogP contribution in [0.1, 0.15) is 49.1 Å². The summed E-state index contributed by atoms with van der Waals surface area (Å²) in [5.74, 6) is 0.855. The van der Waals surface area contributed by atoms with Gasteiger partial charge in [0.2, 0.25) is 5.82 Å². The molecule has 0 aromatic carbocycles. The van der Waals surface area contributed by atoms with Gasteiger partial charge in [0.1, 0.15) is 5.82 Å². The molecular weight excluding hydrogens is 216 g/mol. The minimum atomic E-state index is -0.177. The van der Waals surface area contributed by atoms with E-state index in [0.29, 0.717) is 0 Å². The Bertz CT molecular complexity index is 410. The first kappa shape index (κ1) is 11.8. The first-order chi connectivity index (χ1) is 8.29. The van der Waals surface area contributed by atoms with Gasteiger partial charge in [-0.2, -0.15) is 0 Å². The molecule has 1 atom stereocenters. The van der Waals surface area contributed by atoms with Crippen LogP contribution in [0.3, 0.4) is 0 Å². The van der Waals surface area contributed by atoms with Crippen molar-refractivity contribution in [2.45, 2.75) is 45.1 Å². The highest BCUT2D eigenvalue weighted by molar-refractivity contribution is 5.90. The minimum Gasteiger partial charge on any atom is -0.346 e. The predicted molar refractivity (Wildman–Crippen MR) is 64.6 cm³/mol. The second-order valence-corrected chi connectivity index (χ2v) is 4.31. The number of carbonyl (C=O) groups is 1. The molecule has 92 valence electrons. The molecule has 17 heavy (non-hydrogen) atoms. The minimum absolute atomic E-state index is 0.177. The van der Waals surface area contributed by atoms with Crippen LogP contribution in [0.15, 0.2) is 12.2 Å². The fourth-order valence-electron chi connectivity index (χ4n) is 1.92. The summed E-state index contributed by atoms with van der Waals surface area (Å²) in [5.41, 5.74) is 0. The van der Waals surface area contributed by atoms with E-state index in [1.807, 2.05) is 0 Å². The number of nitrogens with one attached hydrogen (secondary N) is 2. The van der Waals surface area contributed by atoms with E-state index in [1.165, 1.54) is 0 Å². The first-order valence-corrected chi connectivity index (χ1v) is 6.16. The molecule has 1 aliphatic carbocycles. The van der Waals surface area contributed by atoms with Crippen molar-refractivity contribution < 1.29 is 4.79 Å². The summed E-state index contributed by atoms with van der Waals surface area (Å²) in [7, 11) is 0. The van der Waals surface area contributed by atoms with Crippen LogP contribution in [0.2, 0.25) is 0 Å². The Morgan fingerprint density at radius 3 is 3.18 bits per heavy atom. The lowest BCUT2D eigenvalue weighted by Crippen LogP contribution is -2.35. The van der Waals surface area contributed by atoms with Crippen LogP contribution in [-0.4, -0.2) is 27.1 Å². The van der Waals surface area contributed by atoms with Gasteiger partial charge in [0.05, 0.1) is 0 Å². The highest BCUT2D eigenvalue weighted by Crippen LogP contribution is 2.10. The Hall–Kier alpha value is -1.65. The fraction of sp³-hybridized carbons (Fsp3) is 0.583. The molecule has 0 saturated carbocycles. The van der Waals surface area contributed by atoms with Crippen LogP contribution in [0, 0.1) is 0 Å². The van der Waals surface area contributed by atoms with E-state index in [0.717, 1.165) is 37.9 Å². The lowest BCUT2D eigenvalue weighted by atomic mass is 10.0. The van der Waals surface area contributed by atoms with Crippen LogP contribution in [0.5, 0.6) is 0 Å². The van der Waals surface area contributed by atoms with Crippen molar-refractivity contribution in [3.05, 3.63) is 23.8 Å². The molecule has 0 radical (unpaired) electrons. The zero-order chi connectivity index (χ0) is 12.1. The number of hydrogen-bond donors (Lipinski definition) is 2. The SMILES string of the molecule is CCCc1nc(C(=O)NC2CC=CCC2)n[nH]1. The maximum atomic E-state index is 11.9. The molecule has 1 aliphatic rings. The van der Waals surface area contributed by atoms with Crippen LogP contribution in [0.25, 0.3) is 0 Å². The van der Waals surface area contributed by atoms with E-state index in [1.54, 1.807) is 0 Å². The van der Waals surface area contributed by atoms with Gasteiger partial charge in [0.25, 0.3) is 5.91 Å². The van der Waals surface area contributed by atoms with Crippen LogP contribution in [-0.2, 0) is 6.42 Å². The Balaban J connectivity index is 1.91. The van der Waals surface area contributed by atoms with E-state index < -0.39 is 0 Å². The second kappa shape index (κ2) is 5.61. The number of amides is 1. The number of carbonyl (C=O) groups excluding carboxylic acids is 1. The van der Waals surface area contributed by atoms with Crippen molar-refractivity contribution in [2.24, 2.45) is 0 Å². The largest absolute Gasteiger partial charge is 0.346 e. The third-order valence-electron chi connectivity index (χ3n) is 2.83. The number of hydrogen-bond acceptors (Lipinski definition) is 3. The number of allylic oxidation sites excluding steroid dienone is 1. The van der Waals surface area contributed by atoms with Crippen molar-refractivity contribution >= 4 is 5.91 Å². The monoisotopic (exact) mass is 234 g/mol. The fourth-order valence-corrected chi connectivity index (χ4v) is 1.92. The predicted octanol–water partition coefficient (Wildman–Crippen LogP) is 1.60. The highest BCUT2D eigenvalue weighted by Gasteiger charge is 2.17. The summed E-state index contributed by atoms with van der Waals surface area (Å²) in [6.07, 6.45) is 8.99. The molecule has 1 aromatic heterocycles. The number of aromatic nitrogens is 3. The van der Waals surface area contributed by atoms with Gasteiger partial charge in [-0.15, -0.1) is 5.10 Å². The summed E-state index contributed by atoms with van der Waals surface area (Å²) in [4.78, 5) is 16.0. The first-order valence-electron chi connectivity index (χ1n) is 6.16. The van der Waals surface area contributed by atoms with Gasteiger partial charge < -0.3 is 5.32 Å². The van der Waals surface area contributed by atoms with Crippen molar-refractivity contribution in [1.82, 2.24) is 20.5 Å². The molecular formula is C12H18N4O. The standard InChI is InChI=1S/C12H18N4O/c1-2-6-10-14-11(16-15-10)12(17)13-9-7-4-3-5-8-9/h3-4,9H,2,5-8H2,1H3,(H,13,17)(H,14,15,16). The Labute approximate surface area is 101 Å². The molecule has 0 fully saturated rings. The smallest absolute Gasteiger partial charge is 0.291 e. The topological polar surface area (TPSA) is 70.7 Å². The molecule has 0 aliphatic heterocycles. The zero-order valence-corrected chi connectivity index (χ0v) is 10.1. The molecule has 1 aromatic rings. The van der Waals surface area contributed by atoms with Crippen LogP contribution in [0.4, 0.5) is 0 Å². The van der Waals surface area contributed by atoms with Gasteiger partial charge in [-0.3, -0.25) is 9.89 Å². The quantitative estimate of drug-likeness (QED) is 0.777. The lowest BCUT2D eigenvalue weighted by Gasteiger charge is -2.18. The van der Waals surface area contributed by atoms with Crippen LogP contribution >= 0.6 is 0 Å². The normalized spacial score (nSPS) is 19.2. The number of H-pyrrole nitrogens is 1. The number of nitrogens with zero attached hydrogens (tertiary/aromatic N) is 2. The van der Waals surface area contributed by atoms with Gasteiger partial charge in [0.15, 0.2) is 0 Å². The third kappa shape index (κ3) is 3.15. The Kier molecular flexibility index (Phi) is 3.90. The average Bonchev–Trinajstić information content (AvgIpc) is 2.79. The van der Waals surface area contributed by atoms with E-state index >= 15 is 0 Å². The van der Waals surface area contributed by atoms with Crippen molar-refractivity contribution in [1.29, 1.82) is 0 Å². The molecule has 2 N–H and O–H groups in total. The third-order valence-corrected chi connectivity index (χ3v) is 2.83. The number of rotatable bonds is 4. The van der Waals surface area contributed by atoms with E-state index in [9.17, 15) is 4.79 Å². The van der Waals surface area contributed by atoms with Gasteiger partial charge in [0, 0.05) is 12.5 Å². The molecule has 5 heteroatoms. The molecule has 2 rings (SSSR count). The maximum Gasteiger partial charge on any atom is 0.291 e.